The quantitative estimate of drug-likeness (QED) is 0.168. The van der Waals surface area contributed by atoms with Crippen molar-refractivity contribution in [3.05, 3.63) is 132 Å². The average Bonchev–Trinajstić information content (AvgIpc) is 3.66. The fourth-order valence-corrected chi connectivity index (χ4v) is 6.53. The van der Waals surface area contributed by atoms with E-state index in [9.17, 15) is 0 Å². The van der Waals surface area contributed by atoms with Crippen LogP contribution < -0.4 is 4.74 Å². The van der Waals surface area contributed by atoms with Crippen molar-refractivity contribution in [3.8, 4) is 34.1 Å². The van der Waals surface area contributed by atoms with E-state index in [1.165, 1.54) is 44.2 Å². The highest BCUT2D eigenvalue weighted by molar-refractivity contribution is 6.09. The molecule has 45 heavy (non-hydrogen) atoms. The van der Waals surface area contributed by atoms with Crippen LogP contribution in [0.25, 0.3) is 44.4 Å². The van der Waals surface area contributed by atoms with Gasteiger partial charge >= 0.3 is 0 Å². The minimum atomic E-state index is 0.758. The summed E-state index contributed by atoms with van der Waals surface area (Å²) in [6.07, 6.45) is 10.4. The van der Waals surface area contributed by atoms with Crippen LogP contribution in [0.15, 0.2) is 110 Å². The van der Waals surface area contributed by atoms with Crippen LogP contribution in [-0.4, -0.2) is 19.3 Å². The minimum Gasteiger partial charge on any atom is -0.457 e. The monoisotopic (exact) mass is 590 g/mol. The first-order valence-corrected chi connectivity index (χ1v) is 15.9. The minimum absolute atomic E-state index is 0.758. The number of pyridine rings is 1. The van der Waals surface area contributed by atoms with Crippen LogP contribution in [0.3, 0.4) is 0 Å². The molecule has 7 rings (SSSR count). The zero-order valence-corrected chi connectivity index (χ0v) is 26.4. The van der Waals surface area contributed by atoms with Crippen LogP contribution in [0.5, 0.6) is 11.5 Å². The van der Waals surface area contributed by atoms with E-state index in [1.54, 1.807) is 0 Å². The maximum absolute atomic E-state index is 6.49. The van der Waals surface area contributed by atoms with Crippen molar-refractivity contribution in [1.82, 2.24) is 19.3 Å². The van der Waals surface area contributed by atoms with Crippen LogP contribution in [0.2, 0.25) is 0 Å². The molecule has 4 aromatic carbocycles. The smallest absolute Gasteiger partial charge is 0.137 e. The maximum atomic E-state index is 6.49. The highest BCUT2D eigenvalue weighted by Crippen LogP contribution is 2.36. The van der Waals surface area contributed by atoms with Crippen LogP contribution in [-0.2, 0) is 12.8 Å². The summed E-state index contributed by atoms with van der Waals surface area (Å²) in [7, 11) is 0. The van der Waals surface area contributed by atoms with E-state index in [0.29, 0.717) is 0 Å². The second-order valence-corrected chi connectivity index (χ2v) is 11.9. The zero-order chi connectivity index (χ0) is 30.9. The number of fused-ring (bicyclic) bond motifs is 3. The number of nitrogens with zero attached hydrogens (tertiary/aromatic N) is 4. The Morgan fingerprint density at radius 1 is 0.733 bits per heavy atom. The summed E-state index contributed by atoms with van der Waals surface area (Å²) in [5.41, 5.74) is 11.0. The van der Waals surface area contributed by atoms with E-state index in [2.05, 4.69) is 105 Å². The molecule has 224 valence electrons. The topological polar surface area (TPSA) is 44.9 Å². The van der Waals surface area contributed by atoms with E-state index < -0.39 is 0 Å². The van der Waals surface area contributed by atoms with Gasteiger partial charge in [-0.2, -0.15) is 5.10 Å². The molecular weight excluding hydrogens is 552 g/mol. The Morgan fingerprint density at radius 3 is 2.40 bits per heavy atom. The molecule has 0 radical (unpaired) electrons. The standard InChI is InChI=1S/C40H38N4O/c1-5-10-29-17-16-28(4)34(11-6-2)40(29)30-25-42-43(26-30)31-12-9-13-32(23-31)45-33-18-19-36-35-14-7-8-15-37(35)44(38(36)24-33)39-22-27(3)20-21-41-39/h7-9,12-26H,5-6,10-11H2,1-4H3. The molecule has 0 spiro atoms. The first-order valence-electron chi connectivity index (χ1n) is 15.9. The van der Waals surface area contributed by atoms with E-state index >= 15 is 0 Å². The largest absolute Gasteiger partial charge is 0.457 e. The second-order valence-electron chi connectivity index (χ2n) is 11.9. The van der Waals surface area contributed by atoms with Gasteiger partial charge in [-0.25, -0.2) is 9.67 Å². The molecule has 0 atom stereocenters. The van der Waals surface area contributed by atoms with E-state index in [-0.39, 0.29) is 0 Å². The summed E-state index contributed by atoms with van der Waals surface area (Å²) in [5, 5.41) is 7.17. The Hall–Kier alpha value is -5.16. The SMILES string of the molecule is CCCc1ccc(C)c(CCC)c1-c1cnn(-c2cccc(Oc3ccc4c5ccccc5n(-c5cc(C)ccn5)c4c3)c2)c1. The van der Waals surface area contributed by atoms with Gasteiger partial charge in [0.05, 0.1) is 22.9 Å². The summed E-state index contributed by atoms with van der Waals surface area (Å²) in [6.45, 7) is 8.82. The molecule has 0 N–H and O–H groups in total. The van der Waals surface area contributed by atoms with Crippen molar-refractivity contribution in [2.45, 2.75) is 53.4 Å². The fourth-order valence-electron chi connectivity index (χ4n) is 6.53. The van der Waals surface area contributed by atoms with E-state index in [1.807, 2.05) is 41.3 Å². The first-order chi connectivity index (χ1) is 22.0. The molecule has 0 saturated heterocycles. The molecule has 5 heteroatoms. The molecule has 7 aromatic rings. The van der Waals surface area contributed by atoms with Gasteiger partial charge in [0.15, 0.2) is 0 Å². The molecule has 0 unspecified atom stereocenters. The van der Waals surface area contributed by atoms with Gasteiger partial charge in [0.1, 0.15) is 17.3 Å². The Balaban J connectivity index is 1.24. The van der Waals surface area contributed by atoms with Crippen molar-refractivity contribution in [1.29, 1.82) is 0 Å². The Morgan fingerprint density at radius 2 is 1.56 bits per heavy atom. The summed E-state index contributed by atoms with van der Waals surface area (Å²) >= 11 is 0. The first kappa shape index (κ1) is 28.6. The molecular formula is C40H38N4O. The highest BCUT2D eigenvalue weighted by atomic mass is 16.5. The second kappa shape index (κ2) is 12.1. The van der Waals surface area contributed by atoms with Crippen molar-refractivity contribution in [2.24, 2.45) is 0 Å². The lowest BCUT2D eigenvalue weighted by molar-refractivity contribution is 0.483. The van der Waals surface area contributed by atoms with Gasteiger partial charge in [0.2, 0.25) is 0 Å². The molecule has 3 aromatic heterocycles. The Labute approximate surface area is 264 Å². The van der Waals surface area contributed by atoms with Gasteiger partial charge in [-0.3, -0.25) is 4.57 Å². The number of ether oxygens (including phenoxy) is 1. The number of rotatable bonds is 9. The average molecular weight is 591 g/mol. The number of hydrogen-bond acceptors (Lipinski definition) is 3. The van der Waals surface area contributed by atoms with Crippen LogP contribution in [0, 0.1) is 13.8 Å². The Bertz CT molecular complexity index is 2150. The lowest BCUT2D eigenvalue weighted by atomic mass is 9.89. The third kappa shape index (κ3) is 5.40. The molecule has 0 fully saturated rings. The maximum Gasteiger partial charge on any atom is 0.137 e. The third-order valence-electron chi connectivity index (χ3n) is 8.62. The molecule has 0 bridgehead atoms. The molecule has 3 heterocycles. The summed E-state index contributed by atoms with van der Waals surface area (Å²) in [5.74, 6) is 2.42. The van der Waals surface area contributed by atoms with E-state index in [4.69, 9.17) is 14.8 Å². The van der Waals surface area contributed by atoms with Crippen LogP contribution in [0.4, 0.5) is 0 Å². The summed E-state index contributed by atoms with van der Waals surface area (Å²) in [6, 6.07) is 31.6. The van der Waals surface area contributed by atoms with Crippen LogP contribution >= 0.6 is 0 Å². The zero-order valence-electron chi connectivity index (χ0n) is 26.4. The van der Waals surface area contributed by atoms with Gasteiger partial charge in [-0.05, 0) is 97.0 Å². The molecule has 0 amide bonds. The lowest BCUT2D eigenvalue weighted by Crippen LogP contribution is -1.99. The summed E-state index contributed by atoms with van der Waals surface area (Å²) in [4.78, 5) is 4.71. The van der Waals surface area contributed by atoms with Crippen molar-refractivity contribution < 1.29 is 4.74 Å². The predicted octanol–water partition coefficient (Wildman–Crippen LogP) is 10.3. The van der Waals surface area contributed by atoms with Gasteiger partial charge in [-0.1, -0.05) is 63.1 Å². The third-order valence-corrected chi connectivity index (χ3v) is 8.62. The number of hydrogen-bond donors (Lipinski definition) is 0. The van der Waals surface area contributed by atoms with Gasteiger partial charge in [0, 0.05) is 40.9 Å². The number of benzene rings is 4. The van der Waals surface area contributed by atoms with E-state index in [0.717, 1.165) is 59.7 Å². The molecule has 0 saturated carbocycles. The number of aromatic nitrogens is 4. The molecule has 5 nitrogen and oxygen atoms in total. The van der Waals surface area contributed by atoms with Gasteiger partial charge in [0.25, 0.3) is 0 Å². The summed E-state index contributed by atoms with van der Waals surface area (Å²) < 4.78 is 10.7. The molecule has 0 aliphatic heterocycles. The van der Waals surface area contributed by atoms with Crippen molar-refractivity contribution in [2.75, 3.05) is 0 Å². The lowest BCUT2D eigenvalue weighted by Gasteiger charge is -2.16. The highest BCUT2D eigenvalue weighted by Gasteiger charge is 2.16. The van der Waals surface area contributed by atoms with Crippen molar-refractivity contribution in [3.63, 3.8) is 0 Å². The van der Waals surface area contributed by atoms with Crippen molar-refractivity contribution >= 4 is 21.8 Å². The fraction of sp³-hybridized carbons (Fsp3) is 0.200. The number of aryl methyl sites for hydroxylation is 3. The predicted molar refractivity (Wildman–Crippen MR) is 185 cm³/mol. The van der Waals surface area contributed by atoms with Crippen LogP contribution in [0.1, 0.15) is 48.9 Å². The molecule has 0 aliphatic rings. The van der Waals surface area contributed by atoms with Gasteiger partial charge < -0.3 is 4.74 Å². The van der Waals surface area contributed by atoms with Gasteiger partial charge in [-0.15, -0.1) is 0 Å². The normalized spacial score (nSPS) is 11.5. The molecule has 0 aliphatic carbocycles. The number of para-hydroxylation sites is 1. The Kier molecular flexibility index (Phi) is 7.68.